The average Bonchev–Trinajstić information content (AvgIpc) is 3.67. The fourth-order valence-corrected chi connectivity index (χ4v) is 15.8. The molecule has 0 aromatic heterocycles. The first-order chi connectivity index (χ1) is 25.5. The maximum Gasteiger partial charge on any atom is 0.312 e. The van der Waals surface area contributed by atoms with E-state index in [1.807, 2.05) is 20.8 Å². The largest absolute Gasteiger partial charge is 0.459 e. The summed E-state index contributed by atoms with van der Waals surface area (Å²) < 4.78 is 25.3. The van der Waals surface area contributed by atoms with Crippen LogP contribution in [0.25, 0.3) is 0 Å². The van der Waals surface area contributed by atoms with E-state index >= 15 is 0 Å². The smallest absolute Gasteiger partial charge is 0.312 e. The topological polar surface area (TPSA) is 146 Å². The van der Waals surface area contributed by atoms with Crippen molar-refractivity contribution in [2.75, 3.05) is 0 Å². The molecular weight excluding hydrogens is 700 g/mol. The molecule has 1 heterocycles. The minimum Gasteiger partial charge on any atom is -0.459 e. The van der Waals surface area contributed by atoms with Gasteiger partial charge in [-0.2, -0.15) is 0 Å². The highest BCUT2D eigenvalue weighted by Crippen LogP contribution is 2.65. The molecule has 0 amide bonds. The third kappa shape index (κ3) is 6.04. The number of fused-ring (bicyclic) bond motifs is 1. The number of carbonyl (C=O) groups excluding carboxylic acids is 4. The molecule has 55 heavy (non-hydrogen) atoms. The van der Waals surface area contributed by atoms with Crippen molar-refractivity contribution in [1.29, 1.82) is 0 Å². The van der Waals surface area contributed by atoms with Crippen LogP contribution in [0.1, 0.15) is 158 Å². The van der Waals surface area contributed by atoms with Gasteiger partial charge in [-0.1, -0.05) is 6.92 Å². The predicted molar refractivity (Wildman–Crippen MR) is 200 cm³/mol. The molecule has 9 unspecified atom stereocenters. The Hall–Kier alpha value is -2.20. The molecule has 0 aromatic carbocycles. The summed E-state index contributed by atoms with van der Waals surface area (Å²) in [6.45, 7) is 13.4. The molecule has 10 saturated carbocycles. The first kappa shape index (κ1) is 38.3. The van der Waals surface area contributed by atoms with Crippen LogP contribution in [0.15, 0.2) is 0 Å². The molecule has 9 atom stereocenters. The molecule has 11 fully saturated rings. The van der Waals surface area contributed by atoms with Crippen molar-refractivity contribution in [3.8, 4) is 0 Å². The van der Waals surface area contributed by atoms with Crippen LogP contribution < -0.4 is 0 Å². The van der Waals surface area contributed by atoms with E-state index in [2.05, 4.69) is 13.8 Å². The van der Waals surface area contributed by atoms with E-state index in [-0.39, 0.29) is 53.9 Å². The van der Waals surface area contributed by atoms with Gasteiger partial charge in [-0.3, -0.25) is 19.2 Å². The van der Waals surface area contributed by atoms with Gasteiger partial charge in [0, 0.05) is 36.5 Å². The summed E-state index contributed by atoms with van der Waals surface area (Å²) >= 11 is 0. The van der Waals surface area contributed by atoms with Crippen LogP contribution in [0.3, 0.4) is 0 Å². The van der Waals surface area contributed by atoms with Gasteiger partial charge >= 0.3 is 23.9 Å². The summed E-state index contributed by atoms with van der Waals surface area (Å²) in [6, 6.07) is 0. The zero-order chi connectivity index (χ0) is 39.4. The highest BCUT2D eigenvalue weighted by Gasteiger charge is 2.67. The number of esters is 4. The van der Waals surface area contributed by atoms with Crippen molar-refractivity contribution in [2.45, 2.75) is 192 Å². The Bertz CT molecular complexity index is 1610. The van der Waals surface area contributed by atoms with E-state index in [0.29, 0.717) is 69.1 Å². The van der Waals surface area contributed by atoms with Gasteiger partial charge in [-0.15, -0.1) is 0 Å². The summed E-state index contributed by atoms with van der Waals surface area (Å²) in [6.07, 6.45) is 10.8. The van der Waals surface area contributed by atoms with Crippen LogP contribution in [-0.2, 0) is 38.1 Å². The summed E-state index contributed by atoms with van der Waals surface area (Å²) in [7, 11) is 0. The minimum absolute atomic E-state index is 0.0360. The van der Waals surface area contributed by atoms with Crippen molar-refractivity contribution >= 4 is 23.9 Å². The molecule has 10 aliphatic carbocycles. The maximum atomic E-state index is 14.8. The highest BCUT2D eigenvalue weighted by molar-refractivity contribution is 5.83. The minimum atomic E-state index is -1.32. The summed E-state index contributed by atoms with van der Waals surface area (Å²) in [5.41, 5.74) is -7.40. The monoisotopic (exact) mass is 766 g/mol. The molecule has 10 heteroatoms. The molecule has 10 bridgehead atoms. The third-order valence-electron chi connectivity index (χ3n) is 17.5. The van der Waals surface area contributed by atoms with Gasteiger partial charge in [-0.25, -0.2) is 0 Å². The lowest BCUT2D eigenvalue weighted by atomic mass is 9.46. The molecule has 0 aromatic rings. The van der Waals surface area contributed by atoms with E-state index in [0.717, 1.165) is 25.7 Å². The number of aliphatic hydroxyl groups is 2. The van der Waals surface area contributed by atoms with Gasteiger partial charge in [0.1, 0.15) is 23.4 Å². The van der Waals surface area contributed by atoms with Crippen LogP contribution in [0.4, 0.5) is 0 Å². The SMILES string of the molecule is CCC(C)(CC(C)(CC(C)(C)C(=O)OC12CC3CC(O)(CC(O)(C3)C1)C2)C(=O)OC1C2CC3C(=O)OC1C3C2)C(=O)OC(C)(C)C12CC3CC(CC(C3)C1)C2. The van der Waals surface area contributed by atoms with Crippen molar-refractivity contribution in [3.63, 3.8) is 0 Å². The molecule has 10 nitrogen and oxygen atoms in total. The van der Waals surface area contributed by atoms with E-state index in [4.69, 9.17) is 18.9 Å². The first-order valence-corrected chi connectivity index (χ1v) is 21.8. The second-order valence-electron chi connectivity index (χ2n) is 23.1. The van der Waals surface area contributed by atoms with E-state index in [1.165, 1.54) is 19.3 Å². The summed E-state index contributed by atoms with van der Waals surface area (Å²) in [5, 5.41) is 22.8. The van der Waals surface area contributed by atoms with Gasteiger partial charge in [0.15, 0.2) is 0 Å². The van der Waals surface area contributed by atoms with Crippen LogP contribution in [-0.4, -0.2) is 68.7 Å². The van der Waals surface area contributed by atoms with Crippen molar-refractivity contribution in [2.24, 2.45) is 63.1 Å². The van der Waals surface area contributed by atoms with Crippen LogP contribution in [0.2, 0.25) is 0 Å². The number of hydrogen-bond donors (Lipinski definition) is 2. The Morgan fingerprint density at radius 2 is 1.33 bits per heavy atom. The van der Waals surface area contributed by atoms with Gasteiger partial charge in [-0.05, 0) is 155 Å². The zero-order valence-corrected chi connectivity index (χ0v) is 34.4. The zero-order valence-electron chi connectivity index (χ0n) is 34.4. The molecular formula is C45H66O10. The third-order valence-corrected chi connectivity index (χ3v) is 17.5. The fraction of sp³-hybridized carbons (Fsp3) is 0.911. The first-order valence-electron chi connectivity index (χ1n) is 21.8. The Morgan fingerprint density at radius 1 is 0.727 bits per heavy atom. The highest BCUT2D eigenvalue weighted by atomic mass is 16.6. The molecule has 2 N–H and O–H groups in total. The second kappa shape index (κ2) is 11.9. The quantitative estimate of drug-likeness (QED) is 0.158. The Kier molecular flexibility index (Phi) is 8.32. The van der Waals surface area contributed by atoms with E-state index < -0.39 is 62.8 Å². The van der Waals surface area contributed by atoms with Crippen molar-refractivity contribution in [1.82, 2.24) is 0 Å². The number of carbonyl (C=O) groups is 4. The Balaban J connectivity index is 0.974. The van der Waals surface area contributed by atoms with Gasteiger partial charge in [0.2, 0.25) is 0 Å². The van der Waals surface area contributed by atoms with Crippen LogP contribution in [0.5, 0.6) is 0 Å². The van der Waals surface area contributed by atoms with Gasteiger partial charge in [0.25, 0.3) is 0 Å². The lowest BCUT2D eigenvalue weighted by Gasteiger charge is -2.62. The van der Waals surface area contributed by atoms with Crippen LogP contribution >= 0.6 is 0 Å². The lowest BCUT2D eigenvalue weighted by molar-refractivity contribution is -0.264. The fourth-order valence-electron chi connectivity index (χ4n) is 15.8. The molecule has 11 rings (SSSR count). The van der Waals surface area contributed by atoms with Gasteiger partial charge in [0.05, 0.1) is 33.4 Å². The van der Waals surface area contributed by atoms with Crippen molar-refractivity contribution in [3.05, 3.63) is 0 Å². The number of ether oxygens (including phenoxy) is 4. The Labute approximate surface area is 326 Å². The van der Waals surface area contributed by atoms with Crippen LogP contribution in [0, 0.1) is 63.1 Å². The lowest BCUT2D eigenvalue weighted by Crippen LogP contribution is -2.67. The second-order valence-corrected chi connectivity index (χ2v) is 23.1. The molecule has 0 spiro atoms. The maximum absolute atomic E-state index is 14.8. The molecule has 306 valence electrons. The Morgan fingerprint density at radius 3 is 1.89 bits per heavy atom. The standard InChI is InChI=1S/C45H66O10/c1-8-40(6,37(49)54-39(4,5)42-14-25-9-26(15-42)11-27(10-25)16-42)21-41(7,36(48)53-32-29-12-30-31(13-29)34(46)52-33(30)32)20-38(2,3)35(47)55-45-19-28-17-43(50,23-45)22-44(51,18-28)24-45/h25-33,50-51H,8-24H2,1-7H3. The van der Waals surface area contributed by atoms with E-state index in [1.54, 1.807) is 13.8 Å². The summed E-state index contributed by atoms with van der Waals surface area (Å²) in [4.78, 5) is 56.6. The molecule has 1 saturated heterocycles. The van der Waals surface area contributed by atoms with Gasteiger partial charge < -0.3 is 29.2 Å². The summed E-state index contributed by atoms with van der Waals surface area (Å²) in [5.74, 6) is 0.628. The number of rotatable bonds is 12. The average molecular weight is 767 g/mol. The predicted octanol–water partition coefficient (Wildman–Crippen LogP) is 6.99. The normalized spacial score (nSPS) is 46.6. The van der Waals surface area contributed by atoms with E-state index in [9.17, 15) is 29.4 Å². The molecule has 1 aliphatic heterocycles. The number of hydrogen-bond acceptors (Lipinski definition) is 10. The molecule has 11 aliphatic rings. The van der Waals surface area contributed by atoms with Crippen molar-refractivity contribution < 1.29 is 48.3 Å². The molecule has 0 radical (unpaired) electrons.